The maximum Gasteiger partial charge on any atom is 0.124 e. The molecule has 0 aliphatic rings. The van der Waals surface area contributed by atoms with Crippen molar-refractivity contribution in [3.63, 3.8) is 0 Å². The van der Waals surface area contributed by atoms with Crippen LogP contribution in [0.15, 0.2) is 42.5 Å². The van der Waals surface area contributed by atoms with Gasteiger partial charge in [-0.25, -0.2) is 0 Å². The van der Waals surface area contributed by atoms with E-state index in [0.29, 0.717) is 29.7 Å². The highest BCUT2D eigenvalue weighted by molar-refractivity contribution is 6.30. The van der Waals surface area contributed by atoms with Gasteiger partial charge in [0.05, 0.1) is 6.61 Å². The largest absolute Gasteiger partial charge is 0.489 e. The lowest BCUT2D eigenvalue weighted by molar-refractivity contribution is 0.292. The van der Waals surface area contributed by atoms with Crippen LogP contribution in [0.25, 0.3) is 0 Å². The Labute approximate surface area is 159 Å². The number of hydrogen-bond acceptors (Lipinski definition) is 4. The lowest BCUT2D eigenvalue weighted by atomic mass is 10.2. The predicted octanol–water partition coefficient (Wildman–Crippen LogP) is 3.63. The average molecular weight is 383 g/mol. The molecule has 0 spiro atoms. The predicted molar refractivity (Wildman–Crippen MR) is 104 cm³/mol. The summed E-state index contributed by atoms with van der Waals surface area (Å²) >= 11 is 12.0. The highest BCUT2D eigenvalue weighted by Crippen LogP contribution is 2.24. The van der Waals surface area contributed by atoms with E-state index in [4.69, 9.17) is 33.0 Å². The first-order valence-electron chi connectivity index (χ1n) is 8.37. The molecule has 0 aliphatic carbocycles. The Bertz CT molecular complexity index is 636. The number of nitrogens with one attached hydrogen (secondary N) is 2. The minimum Gasteiger partial charge on any atom is -0.489 e. The smallest absolute Gasteiger partial charge is 0.124 e. The van der Waals surface area contributed by atoms with E-state index in [1.807, 2.05) is 42.5 Å². The fourth-order valence-electron chi connectivity index (χ4n) is 2.33. The van der Waals surface area contributed by atoms with Gasteiger partial charge >= 0.3 is 0 Å². The van der Waals surface area contributed by atoms with Crippen molar-refractivity contribution in [2.24, 2.45) is 0 Å². The molecule has 0 unspecified atom stereocenters. The third-order valence-corrected chi connectivity index (χ3v) is 4.13. The van der Waals surface area contributed by atoms with Crippen molar-refractivity contribution in [3.05, 3.63) is 63.6 Å². The molecule has 2 aromatic carbocycles. The van der Waals surface area contributed by atoms with Gasteiger partial charge in [-0.15, -0.1) is 0 Å². The lowest BCUT2D eigenvalue weighted by Gasteiger charge is -2.13. The Morgan fingerprint density at radius 2 is 1.60 bits per heavy atom. The molecule has 0 fully saturated rings. The summed E-state index contributed by atoms with van der Waals surface area (Å²) in [6.45, 7) is 3.74. The molecule has 0 aliphatic heterocycles. The van der Waals surface area contributed by atoms with Gasteiger partial charge in [-0.1, -0.05) is 35.3 Å². The first-order valence-corrected chi connectivity index (χ1v) is 9.12. The molecule has 0 saturated heterocycles. The summed E-state index contributed by atoms with van der Waals surface area (Å²) in [5, 5.41) is 16.7. The van der Waals surface area contributed by atoms with Crippen molar-refractivity contribution in [1.29, 1.82) is 0 Å². The first-order chi connectivity index (χ1) is 12.2. The molecular weight excluding hydrogens is 359 g/mol. The van der Waals surface area contributed by atoms with Crippen molar-refractivity contribution in [2.45, 2.75) is 19.6 Å². The van der Waals surface area contributed by atoms with E-state index in [1.54, 1.807) is 0 Å². The normalized spacial score (nSPS) is 10.8. The molecule has 0 amide bonds. The standard InChI is InChI=1S/C19H24Cl2N2O2/c20-17-4-2-15(3-5-17)14-25-19-7-6-18(21)12-16(19)13-23-9-1-8-22-10-11-24/h2-7,12,22-24H,1,8-11,13-14H2. The van der Waals surface area contributed by atoms with Crippen molar-refractivity contribution >= 4 is 23.2 Å². The summed E-state index contributed by atoms with van der Waals surface area (Å²) < 4.78 is 5.95. The van der Waals surface area contributed by atoms with Crippen molar-refractivity contribution in [2.75, 3.05) is 26.2 Å². The van der Waals surface area contributed by atoms with E-state index in [9.17, 15) is 0 Å². The molecule has 136 valence electrons. The highest BCUT2D eigenvalue weighted by Gasteiger charge is 2.05. The third kappa shape index (κ3) is 7.63. The van der Waals surface area contributed by atoms with E-state index in [-0.39, 0.29) is 6.61 Å². The molecule has 6 heteroatoms. The van der Waals surface area contributed by atoms with Crippen LogP contribution in [0.3, 0.4) is 0 Å². The Morgan fingerprint density at radius 3 is 2.36 bits per heavy atom. The molecule has 0 saturated carbocycles. The lowest BCUT2D eigenvalue weighted by Crippen LogP contribution is -2.24. The Kier molecular flexibility index (Phi) is 9.08. The number of halogens is 2. The topological polar surface area (TPSA) is 53.5 Å². The van der Waals surface area contributed by atoms with Gasteiger partial charge in [0.2, 0.25) is 0 Å². The number of hydrogen-bond donors (Lipinski definition) is 3. The van der Waals surface area contributed by atoms with E-state index in [1.165, 1.54) is 0 Å². The van der Waals surface area contributed by atoms with Crippen LogP contribution in [0.4, 0.5) is 0 Å². The molecule has 3 N–H and O–H groups in total. The highest BCUT2D eigenvalue weighted by atomic mass is 35.5. The number of benzene rings is 2. The fourth-order valence-corrected chi connectivity index (χ4v) is 2.65. The summed E-state index contributed by atoms with van der Waals surface area (Å²) in [5.74, 6) is 0.824. The molecule has 2 aromatic rings. The molecule has 0 bridgehead atoms. The van der Waals surface area contributed by atoms with E-state index >= 15 is 0 Å². The average Bonchev–Trinajstić information content (AvgIpc) is 2.61. The minimum absolute atomic E-state index is 0.171. The third-order valence-electron chi connectivity index (χ3n) is 3.64. The summed E-state index contributed by atoms with van der Waals surface area (Å²) in [6, 6.07) is 13.3. The van der Waals surface area contributed by atoms with E-state index < -0.39 is 0 Å². The van der Waals surface area contributed by atoms with Crippen LogP contribution in [0.1, 0.15) is 17.5 Å². The van der Waals surface area contributed by atoms with Crippen LogP contribution in [0, 0.1) is 0 Å². The second-order valence-corrected chi connectivity index (χ2v) is 6.54. The molecule has 0 atom stereocenters. The maximum absolute atomic E-state index is 8.71. The second kappa shape index (κ2) is 11.3. The number of aliphatic hydroxyl groups is 1. The van der Waals surface area contributed by atoms with Gasteiger partial charge in [-0.05, 0) is 55.4 Å². The molecule has 0 aromatic heterocycles. The van der Waals surface area contributed by atoms with Gasteiger partial charge in [0, 0.05) is 28.7 Å². The molecule has 25 heavy (non-hydrogen) atoms. The maximum atomic E-state index is 8.71. The number of rotatable bonds is 11. The van der Waals surface area contributed by atoms with Crippen molar-refractivity contribution < 1.29 is 9.84 Å². The molecule has 0 radical (unpaired) electrons. The van der Waals surface area contributed by atoms with Crippen LogP contribution in [-0.4, -0.2) is 31.3 Å². The quantitative estimate of drug-likeness (QED) is 0.519. The monoisotopic (exact) mass is 382 g/mol. The van der Waals surface area contributed by atoms with Crippen LogP contribution in [0.5, 0.6) is 5.75 Å². The molecule has 4 nitrogen and oxygen atoms in total. The zero-order chi connectivity index (χ0) is 17.9. The summed E-state index contributed by atoms with van der Waals surface area (Å²) in [7, 11) is 0. The molecule has 0 heterocycles. The van der Waals surface area contributed by atoms with Gasteiger partial charge in [0.1, 0.15) is 12.4 Å². The van der Waals surface area contributed by atoms with Crippen LogP contribution >= 0.6 is 23.2 Å². The van der Waals surface area contributed by atoms with Gasteiger partial charge in [-0.2, -0.15) is 0 Å². The van der Waals surface area contributed by atoms with Crippen LogP contribution < -0.4 is 15.4 Å². The van der Waals surface area contributed by atoms with Gasteiger partial charge in [0.15, 0.2) is 0 Å². The number of ether oxygens (including phenoxy) is 1. The Balaban J connectivity index is 1.83. The van der Waals surface area contributed by atoms with Gasteiger partial charge < -0.3 is 20.5 Å². The van der Waals surface area contributed by atoms with E-state index in [2.05, 4.69) is 10.6 Å². The summed E-state index contributed by atoms with van der Waals surface area (Å²) in [4.78, 5) is 0. The molecular formula is C19H24Cl2N2O2. The second-order valence-electron chi connectivity index (χ2n) is 5.67. The molecule has 2 rings (SSSR count). The Hall–Kier alpha value is -1.30. The van der Waals surface area contributed by atoms with E-state index in [0.717, 1.165) is 36.4 Å². The first kappa shape index (κ1) is 20.0. The van der Waals surface area contributed by atoms with Gasteiger partial charge in [-0.3, -0.25) is 0 Å². The van der Waals surface area contributed by atoms with Crippen LogP contribution in [-0.2, 0) is 13.2 Å². The zero-order valence-corrected chi connectivity index (χ0v) is 15.6. The summed E-state index contributed by atoms with van der Waals surface area (Å²) in [5.41, 5.74) is 2.10. The zero-order valence-electron chi connectivity index (χ0n) is 14.1. The number of aliphatic hydroxyl groups excluding tert-OH is 1. The van der Waals surface area contributed by atoms with Crippen molar-refractivity contribution in [1.82, 2.24) is 10.6 Å². The van der Waals surface area contributed by atoms with Crippen molar-refractivity contribution in [3.8, 4) is 5.75 Å². The fraction of sp³-hybridized carbons (Fsp3) is 0.368. The van der Waals surface area contributed by atoms with Gasteiger partial charge in [0.25, 0.3) is 0 Å². The summed E-state index contributed by atoms with van der Waals surface area (Å²) in [6.07, 6.45) is 0.988. The minimum atomic E-state index is 0.171. The SMILES string of the molecule is OCCNCCCNCc1cc(Cl)ccc1OCc1ccc(Cl)cc1. The van der Waals surface area contributed by atoms with Crippen LogP contribution in [0.2, 0.25) is 10.0 Å². The Morgan fingerprint density at radius 1 is 0.880 bits per heavy atom.